The molecule has 2 aromatic rings. The van der Waals surface area contributed by atoms with Crippen LogP contribution in [0.25, 0.3) is 0 Å². The molecule has 7 heteroatoms. The largest absolute Gasteiger partial charge is 0.497 e. The molecule has 0 radical (unpaired) electrons. The number of anilines is 1. The summed E-state index contributed by atoms with van der Waals surface area (Å²) in [6, 6.07) is 13.4. The first-order valence-electron chi connectivity index (χ1n) is 10.7. The van der Waals surface area contributed by atoms with Crippen LogP contribution in [0.4, 0.5) is 5.69 Å². The molecule has 1 aliphatic carbocycles. The molecule has 2 aliphatic heterocycles. The number of ether oxygens (including phenoxy) is 3. The van der Waals surface area contributed by atoms with Gasteiger partial charge in [-0.3, -0.25) is 4.79 Å². The summed E-state index contributed by atoms with van der Waals surface area (Å²) in [6.45, 7) is 1.07. The van der Waals surface area contributed by atoms with Crippen LogP contribution in [0, 0.1) is 5.92 Å². The highest BCUT2D eigenvalue weighted by molar-refractivity contribution is 6.02. The lowest BCUT2D eigenvalue weighted by Gasteiger charge is -2.34. The van der Waals surface area contributed by atoms with Crippen LogP contribution in [0.1, 0.15) is 37.7 Å². The van der Waals surface area contributed by atoms with E-state index in [1.165, 1.54) is 0 Å². The SMILES string of the molecule is COc1cccc(C2=NOC3(CCC(C(=O)Nc4ccc5c(c4)OCCO5)CC3)C2)c1. The second-order valence-corrected chi connectivity index (χ2v) is 8.34. The summed E-state index contributed by atoms with van der Waals surface area (Å²) in [7, 11) is 1.66. The number of nitrogens with one attached hydrogen (secondary N) is 1. The van der Waals surface area contributed by atoms with Crippen molar-refractivity contribution in [1.82, 2.24) is 0 Å². The van der Waals surface area contributed by atoms with E-state index in [1.54, 1.807) is 7.11 Å². The summed E-state index contributed by atoms with van der Waals surface area (Å²) in [5, 5.41) is 7.40. The Morgan fingerprint density at radius 1 is 1.10 bits per heavy atom. The van der Waals surface area contributed by atoms with Crippen molar-refractivity contribution in [2.45, 2.75) is 37.7 Å². The van der Waals surface area contributed by atoms with Crippen molar-refractivity contribution in [3.05, 3.63) is 48.0 Å². The molecule has 162 valence electrons. The Morgan fingerprint density at radius 2 is 1.90 bits per heavy atom. The number of carbonyl (C=O) groups is 1. The van der Waals surface area contributed by atoms with E-state index in [1.807, 2.05) is 42.5 Å². The summed E-state index contributed by atoms with van der Waals surface area (Å²) in [4.78, 5) is 18.7. The zero-order valence-electron chi connectivity index (χ0n) is 17.6. The maximum absolute atomic E-state index is 12.8. The molecule has 0 atom stereocenters. The molecule has 1 fully saturated rings. The average molecular weight is 422 g/mol. The van der Waals surface area contributed by atoms with E-state index < -0.39 is 0 Å². The van der Waals surface area contributed by atoms with E-state index >= 15 is 0 Å². The Balaban J connectivity index is 1.17. The lowest BCUT2D eigenvalue weighted by atomic mass is 9.75. The smallest absolute Gasteiger partial charge is 0.227 e. The van der Waals surface area contributed by atoms with Crippen LogP contribution in [0.2, 0.25) is 0 Å². The fourth-order valence-electron chi connectivity index (χ4n) is 4.52. The van der Waals surface area contributed by atoms with Crippen molar-refractivity contribution in [2.24, 2.45) is 11.1 Å². The van der Waals surface area contributed by atoms with Gasteiger partial charge >= 0.3 is 0 Å². The van der Waals surface area contributed by atoms with E-state index in [4.69, 9.17) is 19.0 Å². The zero-order chi connectivity index (χ0) is 21.3. The van der Waals surface area contributed by atoms with Crippen LogP contribution in [0.15, 0.2) is 47.6 Å². The molecule has 3 aliphatic rings. The fraction of sp³-hybridized carbons (Fsp3) is 0.417. The summed E-state index contributed by atoms with van der Waals surface area (Å²) < 4.78 is 16.5. The van der Waals surface area contributed by atoms with Gasteiger partial charge in [-0.15, -0.1) is 0 Å². The third kappa shape index (κ3) is 4.04. The van der Waals surface area contributed by atoms with Gasteiger partial charge in [-0.05, 0) is 49.9 Å². The number of carbonyl (C=O) groups excluding carboxylic acids is 1. The molecule has 1 saturated carbocycles. The standard InChI is InChI=1S/C24H26N2O5/c1-28-19-4-2-3-17(13-19)20-15-24(31-26-20)9-7-16(8-10-24)23(27)25-18-5-6-21-22(14-18)30-12-11-29-21/h2-6,13-14,16H,7-12,15H2,1H3,(H,25,27). The Kier molecular flexibility index (Phi) is 5.18. The molecule has 0 unspecified atom stereocenters. The van der Waals surface area contributed by atoms with Crippen molar-refractivity contribution in [3.8, 4) is 17.2 Å². The summed E-state index contributed by atoms with van der Waals surface area (Å²) >= 11 is 0. The third-order valence-corrected chi connectivity index (χ3v) is 6.32. The summed E-state index contributed by atoms with van der Waals surface area (Å²) in [6.07, 6.45) is 3.93. The highest BCUT2D eigenvalue weighted by Gasteiger charge is 2.44. The van der Waals surface area contributed by atoms with Crippen molar-refractivity contribution in [2.75, 3.05) is 25.6 Å². The highest BCUT2D eigenvalue weighted by atomic mass is 16.7. The number of amides is 1. The van der Waals surface area contributed by atoms with E-state index in [-0.39, 0.29) is 17.4 Å². The Morgan fingerprint density at radius 3 is 2.71 bits per heavy atom. The van der Waals surface area contributed by atoms with Gasteiger partial charge in [-0.2, -0.15) is 0 Å². The predicted molar refractivity (Wildman–Crippen MR) is 116 cm³/mol. The van der Waals surface area contributed by atoms with Gasteiger partial charge in [0, 0.05) is 29.7 Å². The zero-order valence-corrected chi connectivity index (χ0v) is 17.6. The van der Waals surface area contributed by atoms with Gasteiger partial charge in [0.05, 0.1) is 12.8 Å². The van der Waals surface area contributed by atoms with E-state index in [2.05, 4.69) is 10.5 Å². The van der Waals surface area contributed by atoms with Crippen LogP contribution >= 0.6 is 0 Å². The molecule has 2 heterocycles. The molecule has 31 heavy (non-hydrogen) atoms. The molecular formula is C24H26N2O5. The molecule has 1 spiro atoms. The first-order chi connectivity index (χ1) is 15.1. The average Bonchev–Trinajstić information content (AvgIpc) is 3.23. The second-order valence-electron chi connectivity index (χ2n) is 8.34. The Bertz CT molecular complexity index is 1010. The number of methoxy groups -OCH3 is 1. The molecular weight excluding hydrogens is 396 g/mol. The lowest BCUT2D eigenvalue weighted by Crippen LogP contribution is -2.38. The number of fused-ring (bicyclic) bond motifs is 1. The number of nitrogens with zero attached hydrogens (tertiary/aromatic N) is 1. The van der Waals surface area contributed by atoms with Gasteiger partial charge in [-0.1, -0.05) is 17.3 Å². The molecule has 1 amide bonds. The first-order valence-corrected chi connectivity index (χ1v) is 10.7. The fourth-order valence-corrected chi connectivity index (χ4v) is 4.52. The van der Waals surface area contributed by atoms with Crippen molar-refractivity contribution in [3.63, 3.8) is 0 Å². The minimum Gasteiger partial charge on any atom is -0.497 e. The van der Waals surface area contributed by atoms with Crippen LogP contribution in [0.3, 0.4) is 0 Å². The number of hydrogen-bond acceptors (Lipinski definition) is 6. The maximum atomic E-state index is 12.8. The van der Waals surface area contributed by atoms with Gasteiger partial charge in [0.15, 0.2) is 11.5 Å². The van der Waals surface area contributed by atoms with Crippen LogP contribution in [-0.4, -0.2) is 37.5 Å². The topological polar surface area (TPSA) is 78.4 Å². The van der Waals surface area contributed by atoms with E-state index in [0.717, 1.165) is 54.8 Å². The minimum absolute atomic E-state index is 0.0386. The number of rotatable bonds is 4. The van der Waals surface area contributed by atoms with Crippen molar-refractivity contribution >= 4 is 17.3 Å². The molecule has 0 aromatic heterocycles. The minimum atomic E-state index is -0.299. The Labute approximate surface area is 181 Å². The van der Waals surface area contributed by atoms with E-state index in [0.29, 0.717) is 24.7 Å². The maximum Gasteiger partial charge on any atom is 0.227 e. The second kappa shape index (κ2) is 8.13. The number of oxime groups is 1. The molecule has 7 nitrogen and oxygen atoms in total. The van der Waals surface area contributed by atoms with Crippen LogP contribution in [0.5, 0.6) is 17.2 Å². The summed E-state index contributed by atoms with van der Waals surface area (Å²) in [5.41, 5.74) is 2.40. The number of hydrogen-bond donors (Lipinski definition) is 1. The highest BCUT2D eigenvalue weighted by Crippen LogP contribution is 2.42. The molecule has 0 bridgehead atoms. The predicted octanol–water partition coefficient (Wildman–Crippen LogP) is 4.16. The Hall–Kier alpha value is -3.22. The molecule has 2 aromatic carbocycles. The summed E-state index contributed by atoms with van der Waals surface area (Å²) in [5.74, 6) is 2.20. The van der Waals surface area contributed by atoms with Crippen molar-refractivity contribution in [1.29, 1.82) is 0 Å². The van der Waals surface area contributed by atoms with Gasteiger partial charge in [0.1, 0.15) is 24.6 Å². The van der Waals surface area contributed by atoms with Crippen LogP contribution in [-0.2, 0) is 9.63 Å². The van der Waals surface area contributed by atoms with Crippen LogP contribution < -0.4 is 19.5 Å². The van der Waals surface area contributed by atoms with Gasteiger partial charge < -0.3 is 24.4 Å². The van der Waals surface area contributed by atoms with Crippen molar-refractivity contribution < 1.29 is 23.8 Å². The first kappa shape index (κ1) is 19.7. The number of benzene rings is 2. The molecule has 5 rings (SSSR count). The quantitative estimate of drug-likeness (QED) is 0.801. The van der Waals surface area contributed by atoms with Gasteiger partial charge in [-0.25, -0.2) is 0 Å². The normalized spacial score (nSPS) is 24.3. The van der Waals surface area contributed by atoms with Gasteiger partial charge in [0.25, 0.3) is 0 Å². The van der Waals surface area contributed by atoms with Gasteiger partial charge in [0.2, 0.25) is 5.91 Å². The van der Waals surface area contributed by atoms with E-state index in [9.17, 15) is 4.79 Å². The molecule has 0 saturated heterocycles. The molecule has 1 N–H and O–H groups in total. The lowest BCUT2D eigenvalue weighted by molar-refractivity contribution is -0.123. The third-order valence-electron chi connectivity index (χ3n) is 6.32. The monoisotopic (exact) mass is 422 g/mol.